The number of hydrogen-bond acceptors (Lipinski definition) is 4. The van der Waals surface area contributed by atoms with Gasteiger partial charge in [0.1, 0.15) is 0 Å². The molecule has 2 aromatic carbocycles. The summed E-state index contributed by atoms with van der Waals surface area (Å²) in [5.41, 5.74) is 3.25. The second-order valence-corrected chi connectivity index (χ2v) is 5.67. The number of nitrogens with zero attached hydrogens (tertiary/aromatic N) is 1. The van der Waals surface area contributed by atoms with Gasteiger partial charge >= 0.3 is 0 Å². The van der Waals surface area contributed by atoms with Crippen molar-refractivity contribution in [3.8, 4) is 22.8 Å². The maximum atomic E-state index is 12.6. The molecule has 1 aliphatic heterocycles. The minimum atomic E-state index is -0.0575. The Kier molecular flexibility index (Phi) is 2.64. The SMILES string of the molecule is O=c1cc(-c2ccnc3ccccc23)[nH]c2cc3c(cc12)OCO3. The predicted molar refractivity (Wildman–Crippen MR) is 91.4 cm³/mol. The van der Waals surface area contributed by atoms with E-state index in [0.29, 0.717) is 16.9 Å². The van der Waals surface area contributed by atoms with Gasteiger partial charge in [0.2, 0.25) is 6.79 Å². The molecular weight excluding hydrogens is 304 g/mol. The highest BCUT2D eigenvalue weighted by Gasteiger charge is 2.16. The number of aromatic nitrogens is 2. The summed E-state index contributed by atoms with van der Waals surface area (Å²) < 4.78 is 10.8. The topological polar surface area (TPSA) is 64.2 Å². The molecule has 3 heterocycles. The van der Waals surface area contributed by atoms with Gasteiger partial charge in [0.15, 0.2) is 16.9 Å². The molecule has 0 saturated carbocycles. The fraction of sp³-hybridized carbons (Fsp3) is 0.0526. The van der Waals surface area contributed by atoms with Crippen LogP contribution in [0.5, 0.6) is 11.5 Å². The standard InChI is InChI=1S/C19H12N2O3/c22-17-8-15(12-5-6-20-14-4-2-1-3-11(12)14)21-16-9-19-18(7-13(16)17)23-10-24-19/h1-9H,10H2,(H,21,22). The number of nitrogens with one attached hydrogen (secondary N) is 1. The Morgan fingerprint density at radius 3 is 2.71 bits per heavy atom. The molecule has 0 spiro atoms. The molecule has 0 bridgehead atoms. The Morgan fingerprint density at radius 1 is 0.958 bits per heavy atom. The largest absolute Gasteiger partial charge is 0.454 e. The number of benzene rings is 2. The normalized spacial score (nSPS) is 12.8. The number of pyridine rings is 2. The minimum absolute atomic E-state index is 0.0575. The van der Waals surface area contributed by atoms with Crippen molar-refractivity contribution in [2.75, 3.05) is 6.79 Å². The van der Waals surface area contributed by atoms with E-state index < -0.39 is 0 Å². The van der Waals surface area contributed by atoms with Gasteiger partial charge in [-0.25, -0.2) is 0 Å². The summed E-state index contributed by atoms with van der Waals surface area (Å²) in [6.07, 6.45) is 1.75. The molecule has 5 rings (SSSR count). The molecular formula is C19H12N2O3. The van der Waals surface area contributed by atoms with Gasteiger partial charge in [-0.1, -0.05) is 18.2 Å². The number of ether oxygens (including phenoxy) is 2. The highest BCUT2D eigenvalue weighted by molar-refractivity contribution is 5.95. The van der Waals surface area contributed by atoms with E-state index in [0.717, 1.165) is 27.7 Å². The van der Waals surface area contributed by atoms with E-state index in [1.165, 1.54) is 0 Å². The van der Waals surface area contributed by atoms with Gasteiger partial charge in [-0.15, -0.1) is 0 Å². The summed E-state index contributed by atoms with van der Waals surface area (Å²) in [5, 5.41) is 1.58. The molecule has 5 nitrogen and oxygen atoms in total. The van der Waals surface area contributed by atoms with Crippen LogP contribution in [0.2, 0.25) is 0 Å². The van der Waals surface area contributed by atoms with Crippen molar-refractivity contribution in [3.63, 3.8) is 0 Å². The quantitative estimate of drug-likeness (QED) is 0.584. The van der Waals surface area contributed by atoms with Crippen LogP contribution in [0.3, 0.4) is 0 Å². The van der Waals surface area contributed by atoms with E-state index in [9.17, 15) is 4.79 Å². The zero-order valence-electron chi connectivity index (χ0n) is 12.6. The lowest BCUT2D eigenvalue weighted by molar-refractivity contribution is 0.174. The van der Waals surface area contributed by atoms with Crippen molar-refractivity contribution < 1.29 is 9.47 Å². The lowest BCUT2D eigenvalue weighted by atomic mass is 10.0. The van der Waals surface area contributed by atoms with Gasteiger partial charge in [-0.05, 0) is 18.2 Å². The molecule has 1 N–H and O–H groups in total. The van der Waals surface area contributed by atoms with Crippen molar-refractivity contribution >= 4 is 21.8 Å². The third-order valence-electron chi connectivity index (χ3n) is 4.26. The van der Waals surface area contributed by atoms with Crippen LogP contribution in [0, 0.1) is 0 Å². The van der Waals surface area contributed by atoms with Crippen LogP contribution in [0.25, 0.3) is 33.1 Å². The summed E-state index contributed by atoms with van der Waals surface area (Å²) in [7, 11) is 0. The second kappa shape index (κ2) is 4.83. The minimum Gasteiger partial charge on any atom is -0.454 e. The summed E-state index contributed by atoms with van der Waals surface area (Å²) in [4.78, 5) is 20.3. The molecule has 1 aliphatic rings. The Morgan fingerprint density at radius 2 is 1.79 bits per heavy atom. The van der Waals surface area contributed by atoms with Gasteiger partial charge in [-0.3, -0.25) is 9.78 Å². The Balaban J connectivity index is 1.81. The molecule has 5 heteroatoms. The number of rotatable bonds is 1. The number of aromatic amines is 1. The molecule has 0 unspecified atom stereocenters. The summed E-state index contributed by atoms with van der Waals surface area (Å²) >= 11 is 0. The molecule has 0 radical (unpaired) electrons. The molecule has 2 aromatic heterocycles. The van der Waals surface area contributed by atoms with Crippen LogP contribution in [0.15, 0.2) is 59.5 Å². The number of para-hydroxylation sites is 1. The van der Waals surface area contributed by atoms with Gasteiger partial charge in [-0.2, -0.15) is 0 Å². The Labute approximate surface area is 136 Å². The molecule has 24 heavy (non-hydrogen) atoms. The predicted octanol–water partition coefficient (Wildman–Crippen LogP) is 3.47. The number of hydrogen-bond donors (Lipinski definition) is 1. The molecule has 0 atom stereocenters. The van der Waals surface area contributed by atoms with Gasteiger partial charge in [0, 0.05) is 34.7 Å². The van der Waals surface area contributed by atoms with Crippen LogP contribution in [-0.2, 0) is 0 Å². The summed E-state index contributed by atoms with van der Waals surface area (Å²) in [6.45, 7) is 0.182. The lowest BCUT2D eigenvalue weighted by Crippen LogP contribution is -2.03. The first-order chi connectivity index (χ1) is 11.8. The number of H-pyrrole nitrogens is 1. The number of fused-ring (bicyclic) bond motifs is 3. The van der Waals surface area contributed by atoms with Crippen molar-refractivity contribution in [3.05, 3.63) is 65.0 Å². The zero-order valence-corrected chi connectivity index (χ0v) is 12.6. The van der Waals surface area contributed by atoms with Crippen molar-refractivity contribution in [2.45, 2.75) is 0 Å². The van der Waals surface area contributed by atoms with Crippen molar-refractivity contribution in [1.82, 2.24) is 9.97 Å². The molecule has 116 valence electrons. The first kappa shape index (κ1) is 13.1. The average Bonchev–Trinajstić information content (AvgIpc) is 3.07. The van der Waals surface area contributed by atoms with E-state index >= 15 is 0 Å². The smallest absolute Gasteiger partial charge is 0.231 e. The lowest BCUT2D eigenvalue weighted by Gasteiger charge is -2.08. The van der Waals surface area contributed by atoms with Gasteiger partial charge < -0.3 is 14.5 Å². The van der Waals surface area contributed by atoms with Crippen LogP contribution in [0.1, 0.15) is 0 Å². The Hall–Kier alpha value is -3.34. The van der Waals surface area contributed by atoms with Gasteiger partial charge in [0.05, 0.1) is 16.7 Å². The highest BCUT2D eigenvalue weighted by Crippen LogP contribution is 2.35. The van der Waals surface area contributed by atoms with E-state index in [2.05, 4.69) is 9.97 Å². The fourth-order valence-corrected chi connectivity index (χ4v) is 3.12. The summed E-state index contributed by atoms with van der Waals surface area (Å²) in [6, 6.07) is 14.9. The van der Waals surface area contributed by atoms with E-state index in [4.69, 9.17) is 9.47 Å². The van der Waals surface area contributed by atoms with Crippen molar-refractivity contribution in [1.29, 1.82) is 0 Å². The zero-order chi connectivity index (χ0) is 16.1. The van der Waals surface area contributed by atoms with E-state index in [1.54, 1.807) is 18.3 Å². The van der Waals surface area contributed by atoms with E-state index in [1.807, 2.05) is 36.4 Å². The first-order valence-corrected chi connectivity index (χ1v) is 7.60. The van der Waals surface area contributed by atoms with Crippen LogP contribution in [0.4, 0.5) is 0 Å². The molecule has 0 saturated heterocycles. The van der Waals surface area contributed by atoms with Crippen LogP contribution < -0.4 is 14.9 Å². The molecule has 4 aromatic rings. The monoisotopic (exact) mass is 316 g/mol. The Bertz CT molecular complexity index is 1160. The average molecular weight is 316 g/mol. The first-order valence-electron chi connectivity index (χ1n) is 7.60. The maximum absolute atomic E-state index is 12.6. The van der Waals surface area contributed by atoms with Crippen LogP contribution in [-0.4, -0.2) is 16.8 Å². The third-order valence-corrected chi connectivity index (χ3v) is 4.26. The fourth-order valence-electron chi connectivity index (χ4n) is 3.12. The van der Waals surface area contributed by atoms with Gasteiger partial charge in [0.25, 0.3) is 0 Å². The van der Waals surface area contributed by atoms with Crippen LogP contribution >= 0.6 is 0 Å². The molecule has 0 aliphatic carbocycles. The molecule has 0 amide bonds. The second-order valence-electron chi connectivity index (χ2n) is 5.67. The molecule has 0 fully saturated rings. The highest BCUT2D eigenvalue weighted by atomic mass is 16.7. The van der Waals surface area contributed by atoms with E-state index in [-0.39, 0.29) is 12.2 Å². The summed E-state index contributed by atoms with van der Waals surface area (Å²) in [5.74, 6) is 1.25. The maximum Gasteiger partial charge on any atom is 0.231 e. The third kappa shape index (κ3) is 1.88. The van der Waals surface area contributed by atoms with Crippen molar-refractivity contribution in [2.24, 2.45) is 0 Å².